The van der Waals surface area contributed by atoms with Gasteiger partial charge in [-0.15, -0.1) is 0 Å². The number of aromatic nitrogens is 1. The first-order chi connectivity index (χ1) is 6.63. The average molecular weight is 198 g/mol. The molecule has 14 heavy (non-hydrogen) atoms. The third-order valence-corrected chi connectivity index (χ3v) is 1.60. The molecule has 0 aliphatic carbocycles. The SMILES string of the molecule is CC(CO)NC(=O)c1cccc(F)n1. The molecule has 0 saturated carbocycles. The maximum absolute atomic E-state index is 12.6. The van der Waals surface area contributed by atoms with Crippen LogP contribution in [0.3, 0.4) is 0 Å². The van der Waals surface area contributed by atoms with Crippen molar-refractivity contribution in [2.75, 3.05) is 6.61 Å². The lowest BCUT2D eigenvalue weighted by Gasteiger charge is -2.09. The molecule has 1 aromatic heterocycles. The fourth-order valence-electron chi connectivity index (χ4n) is 0.878. The van der Waals surface area contributed by atoms with Crippen LogP contribution in [0, 0.1) is 5.95 Å². The minimum Gasteiger partial charge on any atom is -0.394 e. The second kappa shape index (κ2) is 4.66. The van der Waals surface area contributed by atoms with Crippen molar-refractivity contribution in [2.24, 2.45) is 0 Å². The van der Waals surface area contributed by atoms with Crippen molar-refractivity contribution in [2.45, 2.75) is 13.0 Å². The highest BCUT2D eigenvalue weighted by molar-refractivity contribution is 5.92. The first-order valence-corrected chi connectivity index (χ1v) is 4.17. The Morgan fingerprint density at radius 3 is 3.00 bits per heavy atom. The monoisotopic (exact) mass is 198 g/mol. The standard InChI is InChI=1S/C9H11FN2O2/c1-6(5-13)11-9(14)7-3-2-4-8(10)12-7/h2-4,6,13H,5H2,1H3,(H,11,14). The van der Waals surface area contributed by atoms with Crippen molar-refractivity contribution < 1.29 is 14.3 Å². The van der Waals surface area contributed by atoms with Crippen LogP contribution < -0.4 is 5.32 Å². The number of halogens is 1. The van der Waals surface area contributed by atoms with Crippen molar-refractivity contribution in [1.29, 1.82) is 0 Å². The van der Waals surface area contributed by atoms with Crippen molar-refractivity contribution in [3.63, 3.8) is 0 Å². The van der Waals surface area contributed by atoms with E-state index in [0.29, 0.717) is 0 Å². The number of nitrogens with one attached hydrogen (secondary N) is 1. The summed E-state index contributed by atoms with van der Waals surface area (Å²) in [6, 6.07) is 3.60. The molecule has 2 N–H and O–H groups in total. The summed E-state index contributed by atoms with van der Waals surface area (Å²) in [5.74, 6) is -1.19. The Hall–Kier alpha value is -1.49. The molecule has 5 heteroatoms. The Labute approximate surface area is 80.8 Å². The van der Waals surface area contributed by atoms with Crippen molar-refractivity contribution in [1.82, 2.24) is 10.3 Å². The number of nitrogens with zero attached hydrogens (tertiary/aromatic N) is 1. The van der Waals surface area contributed by atoms with Crippen molar-refractivity contribution >= 4 is 5.91 Å². The number of hydrogen-bond acceptors (Lipinski definition) is 3. The number of carbonyl (C=O) groups is 1. The summed E-state index contributed by atoms with van der Waals surface area (Å²) in [6.07, 6.45) is 0. The van der Waals surface area contributed by atoms with E-state index in [-0.39, 0.29) is 18.3 Å². The van der Waals surface area contributed by atoms with Crippen LogP contribution in [-0.2, 0) is 0 Å². The van der Waals surface area contributed by atoms with Crippen LogP contribution in [0.4, 0.5) is 4.39 Å². The highest BCUT2D eigenvalue weighted by Gasteiger charge is 2.10. The molecule has 0 aromatic carbocycles. The largest absolute Gasteiger partial charge is 0.394 e. The molecule has 4 nitrogen and oxygen atoms in total. The molecule has 76 valence electrons. The molecule has 1 rings (SSSR count). The van der Waals surface area contributed by atoms with Gasteiger partial charge in [0.25, 0.3) is 5.91 Å². The molecule has 0 aliphatic heterocycles. The van der Waals surface area contributed by atoms with Gasteiger partial charge in [0.2, 0.25) is 5.95 Å². The molecule has 1 heterocycles. The molecule has 1 aromatic rings. The van der Waals surface area contributed by atoms with Gasteiger partial charge in [-0.1, -0.05) is 6.07 Å². The van der Waals surface area contributed by atoms with E-state index in [1.54, 1.807) is 6.92 Å². The number of aliphatic hydroxyl groups excluding tert-OH is 1. The van der Waals surface area contributed by atoms with Gasteiger partial charge in [-0.05, 0) is 19.1 Å². The van der Waals surface area contributed by atoms with Crippen molar-refractivity contribution in [3.8, 4) is 0 Å². The van der Waals surface area contributed by atoms with Crippen LogP contribution >= 0.6 is 0 Å². The lowest BCUT2D eigenvalue weighted by atomic mass is 10.3. The summed E-state index contributed by atoms with van der Waals surface area (Å²) in [5.41, 5.74) is 0.00491. The van der Waals surface area contributed by atoms with Gasteiger partial charge in [0.1, 0.15) is 5.69 Å². The smallest absolute Gasteiger partial charge is 0.270 e. The average Bonchev–Trinajstić information content (AvgIpc) is 2.17. The Bertz CT molecular complexity index is 330. The summed E-state index contributed by atoms with van der Waals surface area (Å²) >= 11 is 0. The third kappa shape index (κ3) is 2.77. The van der Waals surface area contributed by atoms with E-state index in [2.05, 4.69) is 10.3 Å². The summed E-state index contributed by atoms with van der Waals surface area (Å²) < 4.78 is 12.6. The topological polar surface area (TPSA) is 62.2 Å². The highest BCUT2D eigenvalue weighted by Crippen LogP contribution is 1.98. The van der Waals surface area contributed by atoms with Crippen LogP contribution in [0.1, 0.15) is 17.4 Å². The van der Waals surface area contributed by atoms with Crippen LogP contribution in [0.5, 0.6) is 0 Å². The van der Waals surface area contributed by atoms with Crippen LogP contribution in [0.2, 0.25) is 0 Å². The number of aliphatic hydroxyl groups is 1. The fourth-order valence-corrected chi connectivity index (χ4v) is 0.878. The molecule has 0 fully saturated rings. The van der Waals surface area contributed by atoms with E-state index in [9.17, 15) is 9.18 Å². The molecule has 1 amide bonds. The second-order valence-corrected chi connectivity index (χ2v) is 2.90. The van der Waals surface area contributed by atoms with Gasteiger partial charge in [-0.3, -0.25) is 4.79 Å². The molecule has 0 aliphatic rings. The molecule has 0 radical (unpaired) electrons. The molecule has 0 spiro atoms. The summed E-state index contributed by atoms with van der Waals surface area (Å²) in [4.78, 5) is 14.7. The Balaban J connectivity index is 2.70. The number of carbonyl (C=O) groups excluding carboxylic acids is 1. The normalized spacial score (nSPS) is 12.2. The van der Waals surface area contributed by atoms with Gasteiger partial charge in [-0.2, -0.15) is 4.39 Å². The number of rotatable bonds is 3. The maximum Gasteiger partial charge on any atom is 0.270 e. The fraction of sp³-hybridized carbons (Fsp3) is 0.333. The molecular formula is C9H11FN2O2. The molecule has 1 atom stereocenters. The molecule has 0 saturated heterocycles. The second-order valence-electron chi connectivity index (χ2n) is 2.90. The molecular weight excluding hydrogens is 187 g/mol. The number of pyridine rings is 1. The van der Waals surface area contributed by atoms with E-state index in [4.69, 9.17) is 5.11 Å². The first-order valence-electron chi connectivity index (χ1n) is 4.17. The Morgan fingerprint density at radius 2 is 2.43 bits per heavy atom. The third-order valence-electron chi connectivity index (χ3n) is 1.60. The van der Waals surface area contributed by atoms with Crippen molar-refractivity contribution in [3.05, 3.63) is 29.8 Å². The van der Waals surface area contributed by atoms with Crippen LogP contribution in [0.25, 0.3) is 0 Å². The van der Waals surface area contributed by atoms with Gasteiger partial charge in [0.05, 0.1) is 6.61 Å². The first kappa shape index (κ1) is 10.6. The predicted octanol–water partition coefficient (Wildman–Crippen LogP) is 0.331. The van der Waals surface area contributed by atoms with E-state index in [1.165, 1.54) is 12.1 Å². The zero-order valence-electron chi connectivity index (χ0n) is 7.70. The number of amides is 1. The summed E-state index contributed by atoms with van der Waals surface area (Å²) in [6.45, 7) is 1.47. The van der Waals surface area contributed by atoms with Gasteiger partial charge >= 0.3 is 0 Å². The minimum atomic E-state index is -0.700. The van der Waals surface area contributed by atoms with Gasteiger partial charge in [-0.25, -0.2) is 4.98 Å². The Kier molecular flexibility index (Phi) is 3.53. The van der Waals surface area contributed by atoms with Crippen LogP contribution in [-0.4, -0.2) is 28.6 Å². The van der Waals surface area contributed by atoms with E-state index in [1.807, 2.05) is 0 Å². The molecule has 0 bridgehead atoms. The zero-order valence-corrected chi connectivity index (χ0v) is 7.70. The van der Waals surface area contributed by atoms with Crippen LogP contribution in [0.15, 0.2) is 18.2 Å². The minimum absolute atomic E-state index is 0.00491. The Morgan fingerprint density at radius 1 is 1.71 bits per heavy atom. The van der Waals surface area contributed by atoms with Gasteiger partial charge in [0.15, 0.2) is 0 Å². The zero-order chi connectivity index (χ0) is 10.6. The van der Waals surface area contributed by atoms with E-state index in [0.717, 1.165) is 6.07 Å². The molecule has 1 unspecified atom stereocenters. The quantitative estimate of drug-likeness (QED) is 0.688. The lowest BCUT2D eigenvalue weighted by molar-refractivity contribution is 0.0916. The number of hydrogen-bond donors (Lipinski definition) is 2. The highest BCUT2D eigenvalue weighted by atomic mass is 19.1. The predicted molar refractivity (Wildman–Crippen MR) is 48.2 cm³/mol. The maximum atomic E-state index is 12.6. The lowest BCUT2D eigenvalue weighted by Crippen LogP contribution is -2.35. The summed E-state index contributed by atoms with van der Waals surface area (Å²) in [7, 11) is 0. The van der Waals surface area contributed by atoms with E-state index < -0.39 is 11.9 Å². The van der Waals surface area contributed by atoms with Gasteiger partial charge in [0, 0.05) is 6.04 Å². The van der Waals surface area contributed by atoms with Gasteiger partial charge < -0.3 is 10.4 Å². The van der Waals surface area contributed by atoms with E-state index >= 15 is 0 Å². The summed E-state index contributed by atoms with van der Waals surface area (Å²) in [5, 5.41) is 11.1.